The molecule has 26 heavy (non-hydrogen) atoms. The average molecular weight is 355 g/mol. The summed E-state index contributed by atoms with van der Waals surface area (Å²) in [6, 6.07) is 8.38. The third-order valence-corrected chi connectivity index (χ3v) is 4.73. The van der Waals surface area contributed by atoms with Crippen molar-refractivity contribution in [1.82, 2.24) is 0 Å². The Morgan fingerprint density at radius 2 is 1.23 bits per heavy atom. The van der Waals surface area contributed by atoms with Gasteiger partial charge in [0.05, 0.1) is 18.9 Å². The number of benzene rings is 2. The largest absolute Gasteiger partial charge is 0.490 e. The van der Waals surface area contributed by atoms with Crippen LogP contribution in [0.3, 0.4) is 0 Å². The second-order valence-electron chi connectivity index (χ2n) is 7.18. The van der Waals surface area contributed by atoms with Gasteiger partial charge in [-0.3, -0.25) is 0 Å². The van der Waals surface area contributed by atoms with E-state index in [1.165, 1.54) is 0 Å². The van der Waals surface area contributed by atoms with E-state index in [1.54, 1.807) is 0 Å². The Kier molecular flexibility index (Phi) is 4.51. The maximum absolute atomic E-state index is 6.26. The molecule has 0 radical (unpaired) electrons. The molecule has 0 spiro atoms. The zero-order chi connectivity index (χ0) is 18.3. The number of nitrogen functional groups attached to an aromatic ring is 1. The molecule has 2 fully saturated rings. The number of ether oxygens (including phenoxy) is 4. The predicted octanol–water partition coefficient (Wildman–Crippen LogP) is 3.42. The summed E-state index contributed by atoms with van der Waals surface area (Å²) in [5.74, 6) is 1.69. The lowest BCUT2D eigenvalue weighted by Crippen LogP contribution is -2.07. The number of anilines is 1. The van der Waals surface area contributed by atoms with Crippen molar-refractivity contribution in [2.75, 3.05) is 32.2 Å². The van der Waals surface area contributed by atoms with Crippen LogP contribution in [0.5, 0.6) is 11.5 Å². The quantitative estimate of drug-likeness (QED) is 0.609. The lowest BCUT2D eigenvalue weighted by molar-refractivity contribution is 0.260. The van der Waals surface area contributed by atoms with Crippen LogP contribution < -0.4 is 15.2 Å². The fourth-order valence-electron chi connectivity index (χ4n) is 3.19. The van der Waals surface area contributed by atoms with Gasteiger partial charge in [0.2, 0.25) is 0 Å². The molecule has 2 atom stereocenters. The minimum Gasteiger partial charge on any atom is -0.490 e. The number of hydrogen-bond donors (Lipinski definition) is 1. The fourth-order valence-corrected chi connectivity index (χ4v) is 3.19. The molecule has 2 heterocycles. The minimum atomic E-state index is 0.215. The third kappa shape index (κ3) is 3.79. The van der Waals surface area contributed by atoms with Gasteiger partial charge in [-0.15, -0.1) is 0 Å². The summed E-state index contributed by atoms with van der Waals surface area (Å²) in [6.07, 6.45) is 0.469. The Balaban J connectivity index is 1.57. The molecular formula is C21H25NO4. The van der Waals surface area contributed by atoms with Crippen molar-refractivity contribution in [3.63, 3.8) is 0 Å². The van der Waals surface area contributed by atoms with Crippen molar-refractivity contribution >= 4 is 5.69 Å². The highest BCUT2D eigenvalue weighted by Gasteiger charge is 2.25. The Morgan fingerprint density at radius 1 is 0.808 bits per heavy atom. The van der Waals surface area contributed by atoms with Gasteiger partial charge >= 0.3 is 0 Å². The molecule has 2 N–H and O–H groups in total. The molecule has 2 aromatic carbocycles. The number of aryl methyl sites for hydroxylation is 3. The molecule has 2 aliphatic rings. The van der Waals surface area contributed by atoms with E-state index in [0.717, 1.165) is 52.5 Å². The molecule has 0 bridgehead atoms. The van der Waals surface area contributed by atoms with Crippen LogP contribution in [0.25, 0.3) is 11.1 Å². The maximum Gasteiger partial charge on any atom is 0.145 e. The van der Waals surface area contributed by atoms with E-state index in [2.05, 4.69) is 32.0 Å². The first-order valence-electron chi connectivity index (χ1n) is 9.02. The van der Waals surface area contributed by atoms with Crippen LogP contribution in [0.15, 0.2) is 24.3 Å². The third-order valence-electron chi connectivity index (χ3n) is 4.73. The smallest absolute Gasteiger partial charge is 0.145 e. The highest BCUT2D eigenvalue weighted by atomic mass is 16.6. The molecule has 2 unspecified atom stereocenters. The SMILES string of the molecule is Cc1cc(-c2cc(C)c(OCC3CO3)c(N)c2)cc(C)c1OCC1CO1. The molecule has 2 saturated heterocycles. The van der Waals surface area contributed by atoms with Gasteiger partial charge in [0.1, 0.15) is 36.9 Å². The van der Waals surface area contributed by atoms with E-state index in [-0.39, 0.29) is 12.2 Å². The van der Waals surface area contributed by atoms with Gasteiger partial charge < -0.3 is 24.7 Å². The normalized spacial score (nSPS) is 20.7. The molecule has 5 nitrogen and oxygen atoms in total. The molecular weight excluding hydrogens is 330 g/mol. The monoisotopic (exact) mass is 355 g/mol. The first-order chi connectivity index (χ1) is 12.5. The zero-order valence-electron chi connectivity index (χ0n) is 15.5. The molecule has 0 aliphatic carbocycles. The van der Waals surface area contributed by atoms with Crippen LogP contribution in [-0.4, -0.2) is 38.6 Å². The fraction of sp³-hybridized carbons (Fsp3) is 0.429. The van der Waals surface area contributed by atoms with Crippen molar-refractivity contribution in [2.24, 2.45) is 0 Å². The summed E-state index contributed by atoms with van der Waals surface area (Å²) < 4.78 is 22.2. The van der Waals surface area contributed by atoms with Crippen LogP contribution in [0, 0.1) is 20.8 Å². The lowest BCUT2D eigenvalue weighted by Gasteiger charge is -2.16. The van der Waals surface area contributed by atoms with Crippen molar-refractivity contribution in [3.8, 4) is 22.6 Å². The van der Waals surface area contributed by atoms with E-state index < -0.39 is 0 Å². The van der Waals surface area contributed by atoms with Gasteiger partial charge in [-0.25, -0.2) is 0 Å². The number of hydrogen-bond acceptors (Lipinski definition) is 5. The van der Waals surface area contributed by atoms with E-state index >= 15 is 0 Å². The van der Waals surface area contributed by atoms with E-state index in [0.29, 0.717) is 18.9 Å². The highest BCUT2D eigenvalue weighted by Crippen LogP contribution is 2.36. The number of nitrogens with two attached hydrogens (primary N) is 1. The summed E-state index contributed by atoms with van der Waals surface area (Å²) in [5.41, 5.74) is 12.4. The molecule has 138 valence electrons. The van der Waals surface area contributed by atoms with Gasteiger partial charge in [-0.1, -0.05) is 0 Å². The van der Waals surface area contributed by atoms with Crippen molar-refractivity contribution in [2.45, 2.75) is 33.0 Å². The number of rotatable bonds is 7. The molecule has 4 rings (SSSR count). The van der Waals surface area contributed by atoms with Crippen LogP contribution >= 0.6 is 0 Å². The molecule has 5 heteroatoms. The zero-order valence-corrected chi connectivity index (χ0v) is 15.5. The van der Waals surface area contributed by atoms with Crippen molar-refractivity contribution in [3.05, 3.63) is 41.0 Å². The average Bonchev–Trinajstić information content (AvgIpc) is 3.47. The van der Waals surface area contributed by atoms with Crippen LogP contribution in [0.4, 0.5) is 5.69 Å². The van der Waals surface area contributed by atoms with Crippen molar-refractivity contribution in [1.29, 1.82) is 0 Å². The van der Waals surface area contributed by atoms with Gasteiger partial charge in [0.15, 0.2) is 0 Å². The van der Waals surface area contributed by atoms with Crippen LogP contribution in [-0.2, 0) is 9.47 Å². The van der Waals surface area contributed by atoms with Gasteiger partial charge in [-0.2, -0.15) is 0 Å². The second-order valence-corrected chi connectivity index (χ2v) is 7.18. The van der Waals surface area contributed by atoms with Gasteiger partial charge in [0, 0.05) is 0 Å². The van der Waals surface area contributed by atoms with Crippen molar-refractivity contribution < 1.29 is 18.9 Å². The Hall–Kier alpha value is -2.24. The second kappa shape index (κ2) is 6.82. The van der Waals surface area contributed by atoms with Crippen LogP contribution in [0.1, 0.15) is 16.7 Å². The van der Waals surface area contributed by atoms with E-state index in [1.807, 2.05) is 13.0 Å². The first kappa shape index (κ1) is 17.2. The Bertz CT molecular complexity index is 709. The molecule has 2 aliphatic heterocycles. The summed E-state index contributed by atoms with van der Waals surface area (Å²) in [4.78, 5) is 0. The number of epoxide rings is 2. The van der Waals surface area contributed by atoms with Crippen LogP contribution in [0.2, 0.25) is 0 Å². The lowest BCUT2D eigenvalue weighted by atomic mass is 9.97. The molecule has 2 aromatic rings. The minimum absolute atomic E-state index is 0.215. The van der Waals surface area contributed by atoms with Gasteiger partial charge in [-0.05, 0) is 72.9 Å². The summed E-state index contributed by atoms with van der Waals surface area (Å²) in [6.45, 7) is 8.91. The Morgan fingerprint density at radius 3 is 1.69 bits per heavy atom. The molecule has 0 saturated carbocycles. The highest BCUT2D eigenvalue weighted by molar-refractivity contribution is 5.74. The predicted molar refractivity (Wildman–Crippen MR) is 101 cm³/mol. The Labute approximate surface area is 154 Å². The van der Waals surface area contributed by atoms with Gasteiger partial charge in [0.25, 0.3) is 0 Å². The summed E-state index contributed by atoms with van der Waals surface area (Å²) >= 11 is 0. The molecule has 0 aromatic heterocycles. The summed E-state index contributed by atoms with van der Waals surface area (Å²) in [7, 11) is 0. The van der Waals surface area contributed by atoms with E-state index in [4.69, 9.17) is 24.7 Å². The maximum atomic E-state index is 6.26. The molecule has 0 amide bonds. The first-order valence-corrected chi connectivity index (χ1v) is 9.02. The summed E-state index contributed by atoms with van der Waals surface area (Å²) in [5, 5.41) is 0. The topological polar surface area (TPSA) is 69.5 Å². The standard InChI is InChI=1S/C21H25NO4/c1-12-4-15(5-13(2)20(12)25-10-17-8-23-17)16-6-14(3)21(19(22)7-16)26-11-18-9-24-18/h4-7,17-18H,8-11,22H2,1-3H3. The van der Waals surface area contributed by atoms with E-state index in [9.17, 15) is 0 Å².